The molecule has 0 bridgehead atoms. The Morgan fingerprint density at radius 2 is 2.21 bits per heavy atom. The van der Waals surface area contributed by atoms with Gasteiger partial charge in [-0.3, -0.25) is 0 Å². The molecule has 1 saturated heterocycles. The minimum atomic E-state index is 0.185. The molecule has 106 valence electrons. The predicted octanol–water partition coefficient (Wildman–Crippen LogP) is 1.77. The Balaban J connectivity index is 1.86. The number of anilines is 1. The van der Waals surface area contributed by atoms with Crippen LogP contribution in [0, 0.1) is 0 Å². The summed E-state index contributed by atoms with van der Waals surface area (Å²) in [5.74, 6) is 1.34. The molecule has 1 unspecified atom stereocenters. The van der Waals surface area contributed by atoms with Gasteiger partial charge in [0.15, 0.2) is 18.3 Å². The zero-order valence-corrected chi connectivity index (χ0v) is 11.4. The SMILES string of the molecule is COCOc1cc(N)ccc1OCCC1CCCN1. The van der Waals surface area contributed by atoms with Crippen LogP contribution in [-0.2, 0) is 4.74 Å². The molecule has 2 rings (SSSR count). The van der Waals surface area contributed by atoms with Crippen LogP contribution in [0.25, 0.3) is 0 Å². The van der Waals surface area contributed by atoms with Crippen molar-refractivity contribution in [2.75, 3.05) is 32.8 Å². The summed E-state index contributed by atoms with van der Waals surface area (Å²) in [6.07, 6.45) is 3.50. The number of nitrogen functional groups attached to an aromatic ring is 1. The average Bonchev–Trinajstić information content (AvgIpc) is 2.91. The topological polar surface area (TPSA) is 65.7 Å². The number of nitrogens with two attached hydrogens (primary N) is 1. The number of ether oxygens (including phenoxy) is 3. The molecule has 1 aliphatic rings. The molecule has 0 spiro atoms. The molecule has 0 saturated carbocycles. The Morgan fingerprint density at radius 3 is 2.95 bits per heavy atom. The van der Waals surface area contributed by atoms with E-state index in [0.29, 0.717) is 29.8 Å². The van der Waals surface area contributed by atoms with Crippen LogP contribution in [0.5, 0.6) is 11.5 Å². The van der Waals surface area contributed by atoms with Crippen molar-refractivity contribution in [1.29, 1.82) is 0 Å². The predicted molar refractivity (Wildman–Crippen MR) is 74.5 cm³/mol. The number of nitrogens with one attached hydrogen (secondary N) is 1. The van der Waals surface area contributed by atoms with Crippen LogP contribution in [0.1, 0.15) is 19.3 Å². The average molecular weight is 266 g/mol. The van der Waals surface area contributed by atoms with Crippen LogP contribution in [0.3, 0.4) is 0 Å². The van der Waals surface area contributed by atoms with E-state index in [1.807, 2.05) is 12.1 Å². The fourth-order valence-electron chi connectivity index (χ4n) is 2.19. The summed E-state index contributed by atoms with van der Waals surface area (Å²) in [6.45, 7) is 1.98. The maximum Gasteiger partial charge on any atom is 0.188 e. The van der Waals surface area contributed by atoms with Gasteiger partial charge in [-0.25, -0.2) is 0 Å². The normalized spacial score (nSPS) is 18.5. The van der Waals surface area contributed by atoms with Crippen LogP contribution in [-0.4, -0.2) is 33.1 Å². The number of benzene rings is 1. The first-order valence-electron chi connectivity index (χ1n) is 6.67. The second-order valence-electron chi connectivity index (χ2n) is 4.69. The van der Waals surface area contributed by atoms with Crippen LogP contribution in [0.2, 0.25) is 0 Å². The van der Waals surface area contributed by atoms with E-state index < -0.39 is 0 Å². The van der Waals surface area contributed by atoms with Crippen LogP contribution < -0.4 is 20.5 Å². The highest BCUT2D eigenvalue weighted by molar-refractivity contribution is 5.51. The molecule has 1 aromatic carbocycles. The smallest absolute Gasteiger partial charge is 0.188 e. The third-order valence-electron chi connectivity index (χ3n) is 3.19. The standard InChI is InChI=1S/C14H22N2O3/c1-17-10-19-14-9-11(15)4-5-13(14)18-8-6-12-3-2-7-16-12/h4-5,9,12,16H,2-3,6-8,10,15H2,1H3. The lowest BCUT2D eigenvalue weighted by Gasteiger charge is -2.14. The van der Waals surface area contributed by atoms with Crippen molar-refractivity contribution >= 4 is 5.69 Å². The second kappa shape index (κ2) is 7.21. The number of methoxy groups -OCH3 is 1. The fraction of sp³-hybridized carbons (Fsp3) is 0.571. The molecule has 0 aromatic heterocycles. The first-order chi connectivity index (χ1) is 9.29. The summed E-state index contributed by atoms with van der Waals surface area (Å²) in [5.41, 5.74) is 6.39. The third kappa shape index (κ3) is 4.29. The summed E-state index contributed by atoms with van der Waals surface area (Å²) in [7, 11) is 1.58. The second-order valence-corrected chi connectivity index (χ2v) is 4.69. The van der Waals surface area contributed by atoms with E-state index in [9.17, 15) is 0 Å². The zero-order chi connectivity index (χ0) is 13.5. The maximum absolute atomic E-state index is 5.78. The Labute approximate surface area is 114 Å². The molecule has 1 atom stereocenters. The summed E-state index contributed by atoms with van der Waals surface area (Å²) in [4.78, 5) is 0. The lowest BCUT2D eigenvalue weighted by molar-refractivity contribution is 0.0485. The zero-order valence-electron chi connectivity index (χ0n) is 11.4. The van der Waals surface area contributed by atoms with Crippen molar-refractivity contribution in [1.82, 2.24) is 5.32 Å². The third-order valence-corrected chi connectivity index (χ3v) is 3.19. The molecule has 5 heteroatoms. The van der Waals surface area contributed by atoms with Crippen molar-refractivity contribution in [3.8, 4) is 11.5 Å². The van der Waals surface area contributed by atoms with Crippen LogP contribution in [0.15, 0.2) is 18.2 Å². The van der Waals surface area contributed by atoms with Gasteiger partial charge in [-0.05, 0) is 37.9 Å². The van der Waals surface area contributed by atoms with Crippen molar-refractivity contribution in [2.45, 2.75) is 25.3 Å². The summed E-state index contributed by atoms with van der Waals surface area (Å²) in [6, 6.07) is 5.98. The van der Waals surface area contributed by atoms with Gasteiger partial charge in [-0.15, -0.1) is 0 Å². The molecular weight excluding hydrogens is 244 g/mol. The van der Waals surface area contributed by atoms with Gasteiger partial charge in [-0.2, -0.15) is 0 Å². The lowest BCUT2D eigenvalue weighted by Crippen LogP contribution is -2.23. The van der Waals surface area contributed by atoms with E-state index in [2.05, 4.69) is 5.32 Å². The van der Waals surface area contributed by atoms with Crippen molar-refractivity contribution in [2.24, 2.45) is 0 Å². The van der Waals surface area contributed by atoms with Crippen molar-refractivity contribution < 1.29 is 14.2 Å². The summed E-state index contributed by atoms with van der Waals surface area (Å²) >= 11 is 0. The van der Waals surface area contributed by atoms with Gasteiger partial charge in [-0.1, -0.05) is 0 Å². The van der Waals surface area contributed by atoms with E-state index in [-0.39, 0.29) is 6.79 Å². The highest BCUT2D eigenvalue weighted by Gasteiger charge is 2.14. The summed E-state index contributed by atoms with van der Waals surface area (Å²) < 4.78 is 16.1. The largest absolute Gasteiger partial charge is 0.490 e. The van der Waals surface area contributed by atoms with Crippen molar-refractivity contribution in [3.05, 3.63) is 18.2 Å². The van der Waals surface area contributed by atoms with Gasteiger partial charge in [0.05, 0.1) is 6.61 Å². The molecule has 0 aliphatic carbocycles. The Morgan fingerprint density at radius 1 is 1.32 bits per heavy atom. The fourth-order valence-corrected chi connectivity index (χ4v) is 2.19. The first-order valence-corrected chi connectivity index (χ1v) is 6.67. The molecule has 0 amide bonds. The molecule has 3 N–H and O–H groups in total. The van der Waals surface area contributed by atoms with Gasteiger partial charge in [0.1, 0.15) is 0 Å². The van der Waals surface area contributed by atoms with Gasteiger partial charge in [0.2, 0.25) is 0 Å². The van der Waals surface area contributed by atoms with E-state index in [1.54, 1.807) is 13.2 Å². The minimum absolute atomic E-state index is 0.185. The molecule has 1 aliphatic heterocycles. The van der Waals surface area contributed by atoms with Crippen LogP contribution in [0.4, 0.5) is 5.69 Å². The molecule has 0 radical (unpaired) electrons. The number of hydrogen-bond acceptors (Lipinski definition) is 5. The monoisotopic (exact) mass is 266 g/mol. The van der Waals surface area contributed by atoms with E-state index in [0.717, 1.165) is 13.0 Å². The van der Waals surface area contributed by atoms with Crippen LogP contribution >= 0.6 is 0 Å². The van der Waals surface area contributed by atoms with Gasteiger partial charge in [0.25, 0.3) is 0 Å². The molecular formula is C14H22N2O3. The molecule has 1 heterocycles. The molecule has 1 fully saturated rings. The lowest BCUT2D eigenvalue weighted by atomic mass is 10.2. The minimum Gasteiger partial charge on any atom is -0.490 e. The molecule has 1 aromatic rings. The van der Waals surface area contributed by atoms with Gasteiger partial charge in [0, 0.05) is 24.9 Å². The Kier molecular flexibility index (Phi) is 5.30. The van der Waals surface area contributed by atoms with E-state index in [1.165, 1.54) is 12.8 Å². The quantitative estimate of drug-likeness (QED) is 0.581. The van der Waals surface area contributed by atoms with Gasteiger partial charge < -0.3 is 25.3 Å². The number of rotatable bonds is 7. The highest BCUT2D eigenvalue weighted by Crippen LogP contribution is 2.29. The Hall–Kier alpha value is -1.46. The molecule has 5 nitrogen and oxygen atoms in total. The molecule has 19 heavy (non-hydrogen) atoms. The van der Waals surface area contributed by atoms with Crippen molar-refractivity contribution in [3.63, 3.8) is 0 Å². The number of hydrogen-bond donors (Lipinski definition) is 2. The van der Waals surface area contributed by atoms with E-state index in [4.69, 9.17) is 19.9 Å². The van der Waals surface area contributed by atoms with E-state index >= 15 is 0 Å². The van der Waals surface area contributed by atoms with Gasteiger partial charge >= 0.3 is 0 Å². The highest BCUT2D eigenvalue weighted by atomic mass is 16.7. The summed E-state index contributed by atoms with van der Waals surface area (Å²) in [5, 5.41) is 3.45. The first kappa shape index (κ1) is 14.0. The maximum atomic E-state index is 5.78. The Bertz CT molecular complexity index is 392.